The monoisotopic (exact) mass is 439 g/mol. The smallest absolute Gasteiger partial charge is 0.423 e. The Hall–Kier alpha value is -4.12. The van der Waals surface area contributed by atoms with Gasteiger partial charge in [0.05, 0.1) is 11.0 Å². The van der Waals surface area contributed by atoms with E-state index in [-0.39, 0.29) is 0 Å². The zero-order valence-electron chi connectivity index (χ0n) is 18.5. The van der Waals surface area contributed by atoms with Gasteiger partial charge in [-0.2, -0.15) is 0 Å². The molecular formula is C30H22BNO2. The Morgan fingerprint density at radius 1 is 0.471 bits per heavy atom. The minimum Gasteiger partial charge on any atom is -0.423 e. The van der Waals surface area contributed by atoms with Crippen LogP contribution in [0.2, 0.25) is 0 Å². The highest BCUT2D eigenvalue weighted by molar-refractivity contribution is 6.59. The van der Waals surface area contributed by atoms with Gasteiger partial charge in [-0.15, -0.1) is 0 Å². The fourth-order valence-electron chi connectivity index (χ4n) is 4.74. The summed E-state index contributed by atoms with van der Waals surface area (Å²) < 4.78 is 2.24. The van der Waals surface area contributed by atoms with E-state index in [1.165, 1.54) is 11.1 Å². The highest BCUT2D eigenvalue weighted by atomic mass is 16.4. The van der Waals surface area contributed by atoms with E-state index < -0.39 is 7.12 Å². The van der Waals surface area contributed by atoms with Crippen LogP contribution in [0.1, 0.15) is 0 Å². The molecule has 2 N–H and O–H groups in total. The minimum atomic E-state index is -1.49. The van der Waals surface area contributed by atoms with Crippen molar-refractivity contribution in [2.24, 2.45) is 0 Å². The Morgan fingerprint density at radius 3 is 1.85 bits per heavy atom. The molecule has 0 amide bonds. The predicted molar refractivity (Wildman–Crippen MR) is 141 cm³/mol. The van der Waals surface area contributed by atoms with Crippen molar-refractivity contribution in [3.8, 4) is 27.9 Å². The molecule has 0 aliphatic carbocycles. The number of fused-ring (bicyclic) bond motifs is 3. The number of aromatic nitrogens is 1. The van der Waals surface area contributed by atoms with E-state index in [4.69, 9.17) is 0 Å². The van der Waals surface area contributed by atoms with Gasteiger partial charge in [-0.3, -0.25) is 0 Å². The van der Waals surface area contributed by atoms with E-state index in [2.05, 4.69) is 89.5 Å². The molecule has 1 aromatic heterocycles. The van der Waals surface area contributed by atoms with Crippen LogP contribution >= 0.6 is 0 Å². The molecule has 0 aliphatic heterocycles. The van der Waals surface area contributed by atoms with Gasteiger partial charge in [0.15, 0.2) is 0 Å². The fourth-order valence-corrected chi connectivity index (χ4v) is 4.74. The molecule has 6 aromatic rings. The third-order valence-electron chi connectivity index (χ3n) is 6.42. The summed E-state index contributed by atoms with van der Waals surface area (Å²) in [6.07, 6.45) is 0. The van der Waals surface area contributed by atoms with Gasteiger partial charge in [0.1, 0.15) is 0 Å². The van der Waals surface area contributed by atoms with Gasteiger partial charge in [0, 0.05) is 16.5 Å². The van der Waals surface area contributed by atoms with Crippen LogP contribution in [0.15, 0.2) is 121 Å². The lowest BCUT2D eigenvalue weighted by Crippen LogP contribution is -2.29. The van der Waals surface area contributed by atoms with E-state index in [1.54, 1.807) is 6.07 Å². The average molecular weight is 439 g/mol. The van der Waals surface area contributed by atoms with Gasteiger partial charge in [0.25, 0.3) is 0 Å². The van der Waals surface area contributed by atoms with Gasteiger partial charge in [-0.25, -0.2) is 0 Å². The Labute approximate surface area is 198 Å². The fraction of sp³-hybridized carbons (Fsp3) is 0. The van der Waals surface area contributed by atoms with Gasteiger partial charge < -0.3 is 14.6 Å². The lowest BCUT2D eigenvalue weighted by atomic mass is 9.80. The van der Waals surface area contributed by atoms with Crippen molar-refractivity contribution >= 4 is 34.4 Å². The van der Waals surface area contributed by atoms with Crippen molar-refractivity contribution < 1.29 is 10.0 Å². The summed E-state index contributed by atoms with van der Waals surface area (Å²) in [5.41, 5.74) is 8.38. The number of rotatable bonds is 4. The largest absolute Gasteiger partial charge is 0.488 e. The molecule has 0 spiro atoms. The van der Waals surface area contributed by atoms with Gasteiger partial charge in [-0.05, 0) is 52.0 Å². The summed E-state index contributed by atoms with van der Waals surface area (Å²) in [6, 6.07) is 41.4. The molecule has 0 atom stereocenters. The molecule has 0 bridgehead atoms. The second-order valence-corrected chi connectivity index (χ2v) is 8.50. The molecule has 3 nitrogen and oxygen atoms in total. The van der Waals surface area contributed by atoms with Crippen LogP contribution in [0, 0.1) is 0 Å². The SMILES string of the molecule is OB(O)c1ccc2c(c1)c1ccccc1n2-c1cccc(-c2ccc(-c3ccccc3)cc2)c1. The van der Waals surface area contributed by atoms with Crippen LogP contribution in [0.25, 0.3) is 49.7 Å². The molecule has 0 radical (unpaired) electrons. The van der Waals surface area contributed by atoms with E-state index in [0.29, 0.717) is 5.46 Å². The highest BCUT2D eigenvalue weighted by Crippen LogP contribution is 2.33. The molecule has 1 heterocycles. The van der Waals surface area contributed by atoms with E-state index in [9.17, 15) is 10.0 Å². The van der Waals surface area contributed by atoms with Crippen molar-refractivity contribution in [1.82, 2.24) is 4.57 Å². The first kappa shape index (κ1) is 20.5. The van der Waals surface area contributed by atoms with Crippen molar-refractivity contribution in [2.45, 2.75) is 0 Å². The zero-order valence-corrected chi connectivity index (χ0v) is 18.5. The maximum absolute atomic E-state index is 9.68. The molecule has 0 saturated heterocycles. The molecule has 4 heteroatoms. The first-order valence-corrected chi connectivity index (χ1v) is 11.3. The van der Waals surface area contributed by atoms with Crippen LogP contribution < -0.4 is 5.46 Å². The van der Waals surface area contributed by atoms with Crippen molar-refractivity contribution in [3.63, 3.8) is 0 Å². The Bertz CT molecular complexity index is 1620. The van der Waals surface area contributed by atoms with Crippen LogP contribution in [-0.4, -0.2) is 21.7 Å². The van der Waals surface area contributed by atoms with E-state index >= 15 is 0 Å². The summed E-state index contributed by atoms with van der Waals surface area (Å²) in [5.74, 6) is 0. The third-order valence-corrected chi connectivity index (χ3v) is 6.42. The third kappa shape index (κ3) is 3.50. The summed E-state index contributed by atoms with van der Waals surface area (Å²) >= 11 is 0. The standard InChI is InChI=1S/C30H22BNO2/c33-31(34)25-17-18-30-28(20-25)27-11-4-5-12-29(27)32(30)26-10-6-9-24(19-26)23-15-13-22(14-16-23)21-7-2-1-3-8-21/h1-20,33-34H. The Morgan fingerprint density at radius 2 is 1.09 bits per heavy atom. The molecule has 162 valence electrons. The quantitative estimate of drug-likeness (QED) is 0.341. The predicted octanol–water partition coefficient (Wildman–Crippen LogP) is 5.80. The molecule has 6 rings (SSSR count). The maximum Gasteiger partial charge on any atom is 0.488 e. The number of nitrogens with zero attached hydrogens (tertiary/aromatic N) is 1. The van der Waals surface area contributed by atoms with Crippen LogP contribution in [0.5, 0.6) is 0 Å². The molecule has 5 aromatic carbocycles. The molecule has 0 saturated carbocycles. The van der Waals surface area contributed by atoms with Gasteiger partial charge >= 0.3 is 7.12 Å². The lowest BCUT2D eigenvalue weighted by molar-refractivity contribution is 0.426. The lowest BCUT2D eigenvalue weighted by Gasteiger charge is -2.11. The summed E-state index contributed by atoms with van der Waals surface area (Å²) in [7, 11) is -1.49. The van der Waals surface area contributed by atoms with Crippen LogP contribution in [0.3, 0.4) is 0 Å². The van der Waals surface area contributed by atoms with Crippen molar-refractivity contribution in [1.29, 1.82) is 0 Å². The van der Waals surface area contributed by atoms with Crippen LogP contribution in [0.4, 0.5) is 0 Å². The summed E-state index contributed by atoms with van der Waals surface area (Å²) in [5, 5.41) is 21.4. The average Bonchev–Trinajstić information content (AvgIpc) is 3.23. The zero-order chi connectivity index (χ0) is 23.1. The van der Waals surface area contributed by atoms with E-state index in [1.807, 2.05) is 30.3 Å². The van der Waals surface area contributed by atoms with Crippen LogP contribution in [-0.2, 0) is 0 Å². The van der Waals surface area contributed by atoms with Gasteiger partial charge in [-0.1, -0.05) is 97.1 Å². The normalized spacial score (nSPS) is 11.2. The first-order chi connectivity index (χ1) is 16.7. The number of benzene rings is 5. The number of hydrogen-bond donors (Lipinski definition) is 2. The number of para-hydroxylation sites is 1. The molecular weight excluding hydrogens is 417 g/mol. The summed E-state index contributed by atoms with van der Waals surface area (Å²) in [6.45, 7) is 0. The van der Waals surface area contributed by atoms with E-state index in [0.717, 1.165) is 38.6 Å². The van der Waals surface area contributed by atoms with Crippen molar-refractivity contribution in [2.75, 3.05) is 0 Å². The second kappa shape index (κ2) is 8.34. The molecule has 0 aliphatic rings. The van der Waals surface area contributed by atoms with Gasteiger partial charge in [0.2, 0.25) is 0 Å². The highest BCUT2D eigenvalue weighted by Gasteiger charge is 2.16. The first-order valence-electron chi connectivity index (χ1n) is 11.3. The Balaban J connectivity index is 1.47. The molecule has 0 fully saturated rings. The Kier molecular flexibility index (Phi) is 5.03. The van der Waals surface area contributed by atoms with Crippen molar-refractivity contribution in [3.05, 3.63) is 121 Å². The number of hydrogen-bond acceptors (Lipinski definition) is 2. The molecule has 34 heavy (non-hydrogen) atoms. The maximum atomic E-state index is 9.68. The summed E-state index contributed by atoms with van der Waals surface area (Å²) in [4.78, 5) is 0. The molecule has 0 unspecified atom stereocenters. The topological polar surface area (TPSA) is 45.4 Å². The second-order valence-electron chi connectivity index (χ2n) is 8.50. The minimum absolute atomic E-state index is 0.489.